The molecule has 142 valence electrons. The second kappa shape index (κ2) is 7.40. The molecule has 1 atom stereocenters. The standard InChI is InChI=1S/C22H21N3O3/c1-16-7-9-19(10-8-16)25-21(27)20(26)24(22(25)28)15-23-13-11-18(12-14-23)17-5-3-2-4-6-17/h2-11H,12-15H2,1H3/p+1. The summed E-state index contributed by atoms with van der Waals surface area (Å²) >= 11 is 0. The molecule has 2 aliphatic heterocycles. The van der Waals surface area contributed by atoms with E-state index >= 15 is 0 Å². The zero-order valence-corrected chi connectivity index (χ0v) is 15.7. The average molecular weight is 376 g/mol. The maximum atomic E-state index is 12.8. The van der Waals surface area contributed by atoms with Crippen molar-refractivity contribution in [2.24, 2.45) is 0 Å². The van der Waals surface area contributed by atoms with Gasteiger partial charge in [0.15, 0.2) is 6.67 Å². The SMILES string of the molecule is Cc1ccc(N2C(=O)C(=O)N(C[NH+]3CC=C(c4ccccc4)CC3)C2=O)cc1. The van der Waals surface area contributed by atoms with E-state index in [1.165, 1.54) is 11.1 Å². The predicted molar refractivity (Wildman–Crippen MR) is 106 cm³/mol. The number of nitrogens with one attached hydrogen (secondary N) is 1. The van der Waals surface area contributed by atoms with Gasteiger partial charge in [-0.25, -0.2) is 14.6 Å². The van der Waals surface area contributed by atoms with Crippen molar-refractivity contribution in [1.29, 1.82) is 0 Å². The molecule has 0 bridgehead atoms. The number of nitrogens with zero attached hydrogens (tertiary/aromatic N) is 2. The highest BCUT2D eigenvalue weighted by Gasteiger charge is 2.47. The van der Waals surface area contributed by atoms with Crippen LogP contribution in [0.3, 0.4) is 0 Å². The van der Waals surface area contributed by atoms with Gasteiger partial charge in [-0.3, -0.25) is 9.59 Å². The van der Waals surface area contributed by atoms with E-state index in [9.17, 15) is 14.4 Å². The largest absolute Gasteiger partial charge is 0.343 e. The Morgan fingerprint density at radius 3 is 2.29 bits per heavy atom. The molecule has 28 heavy (non-hydrogen) atoms. The number of hydrogen-bond acceptors (Lipinski definition) is 3. The van der Waals surface area contributed by atoms with Gasteiger partial charge in [-0.15, -0.1) is 0 Å². The van der Waals surface area contributed by atoms with Gasteiger partial charge >= 0.3 is 17.8 Å². The minimum Gasteiger partial charge on any atom is -0.314 e. The van der Waals surface area contributed by atoms with Crippen LogP contribution in [-0.4, -0.2) is 42.5 Å². The lowest BCUT2D eigenvalue weighted by molar-refractivity contribution is -0.902. The zero-order valence-electron chi connectivity index (χ0n) is 15.7. The Morgan fingerprint density at radius 1 is 0.929 bits per heavy atom. The average Bonchev–Trinajstić information content (AvgIpc) is 2.93. The molecule has 0 aromatic heterocycles. The molecule has 0 aliphatic carbocycles. The van der Waals surface area contributed by atoms with Gasteiger partial charge in [0.25, 0.3) is 0 Å². The third-order valence-electron chi connectivity index (χ3n) is 5.26. The van der Waals surface area contributed by atoms with Gasteiger partial charge in [0.2, 0.25) is 0 Å². The van der Waals surface area contributed by atoms with Crippen LogP contribution in [0.4, 0.5) is 10.5 Å². The minimum absolute atomic E-state index is 0.199. The van der Waals surface area contributed by atoms with Gasteiger partial charge in [-0.2, -0.15) is 0 Å². The summed E-state index contributed by atoms with van der Waals surface area (Å²) in [6.07, 6.45) is 3.02. The molecule has 1 unspecified atom stereocenters. The molecule has 2 aliphatic rings. The first-order valence-electron chi connectivity index (χ1n) is 9.39. The van der Waals surface area contributed by atoms with Crippen LogP contribution in [0.2, 0.25) is 0 Å². The van der Waals surface area contributed by atoms with E-state index in [1.54, 1.807) is 12.1 Å². The molecule has 0 radical (unpaired) electrons. The van der Waals surface area contributed by atoms with Crippen molar-refractivity contribution in [1.82, 2.24) is 4.90 Å². The third-order valence-corrected chi connectivity index (χ3v) is 5.26. The maximum absolute atomic E-state index is 12.8. The molecule has 6 nitrogen and oxygen atoms in total. The summed E-state index contributed by atoms with van der Waals surface area (Å²) in [4.78, 5) is 40.7. The summed E-state index contributed by atoms with van der Waals surface area (Å²) in [5, 5.41) is 0. The molecule has 4 rings (SSSR count). The predicted octanol–water partition coefficient (Wildman–Crippen LogP) is 1.62. The summed E-state index contributed by atoms with van der Waals surface area (Å²) in [5.41, 5.74) is 3.93. The van der Waals surface area contributed by atoms with Crippen LogP contribution < -0.4 is 9.80 Å². The smallest absolute Gasteiger partial charge is 0.314 e. The van der Waals surface area contributed by atoms with Gasteiger partial charge in [0.1, 0.15) is 0 Å². The molecule has 0 spiro atoms. The fourth-order valence-corrected chi connectivity index (χ4v) is 3.63. The lowest BCUT2D eigenvalue weighted by Gasteiger charge is -2.26. The molecule has 4 amide bonds. The van der Waals surface area contributed by atoms with Crippen molar-refractivity contribution >= 4 is 29.1 Å². The molecule has 0 saturated carbocycles. The first-order chi connectivity index (χ1) is 13.5. The van der Waals surface area contributed by atoms with Crippen molar-refractivity contribution in [3.8, 4) is 0 Å². The van der Waals surface area contributed by atoms with E-state index in [0.29, 0.717) is 12.2 Å². The van der Waals surface area contributed by atoms with Crippen molar-refractivity contribution in [2.45, 2.75) is 13.3 Å². The van der Waals surface area contributed by atoms with Crippen molar-refractivity contribution in [3.63, 3.8) is 0 Å². The van der Waals surface area contributed by atoms with Crippen molar-refractivity contribution in [2.75, 3.05) is 24.7 Å². The molecule has 1 saturated heterocycles. The van der Waals surface area contributed by atoms with E-state index in [2.05, 4.69) is 18.2 Å². The quantitative estimate of drug-likeness (QED) is 0.652. The molecule has 2 aromatic carbocycles. The number of aryl methyl sites for hydroxylation is 1. The van der Waals surface area contributed by atoms with Gasteiger partial charge < -0.3 is 4.90 Å². The Bertz CT molecular complexity index is 951. The maximum Gasteiger partial charge on any atom is 0.343 e. The summed E-state index contributed by atoms with van der Waals surface area (Å²) in [6, 6.07) is 16.6. The second-order valence-corrected chi connectivity index (χ2v) is 7.20. The molecule has 2 heterocycles. The summed E-state index contributed by atoms with van der Waals surface area (Å²) in [7, 11) is 0. The molecule has 2 aromatic rings. The van der Waals surface area contributed by atoms with Gasteiger partial charge in [-0.1, -0.05) is 48.0 Å². The molecular weight excluding hydrogens is 354 g/mol. The number of amides is 4. The summed E-state index contributed by atoms with van der Waals surface area (Å²) in [5.74, 6) is -1.54. The van der Waals surface area contributed by atoms with Gasteiger partial charge in [0.05, 0.1) is 18.8 Å². The van der Waals surface area contributed by atoms with Crippen LogP contribution in [-0.2, 0) is 9.59 Å². The highest BCUT2D eigenvalue weighted by Crippen LogP contribution is 2.22. The van der Waals surface area contributed by atoms with E-state index in [4.69, 9.17) is 0 Å². The monoisotopic (exact) mass is 376 g/mol. The highest BCUT2D eigenvalue weighted by molar-refractivity contribution is 6.52. The summed E-state index contributed by atoms with van der Waals surface area (Å²) in [6.45, 7) is 3.63. The Kier molecular flexibility index (Phi) is 4.79. The third kappa shape index (κ3) is 3.34. The Labute approximate surface area is 163 Å². The number of benzene rings is 2. The van der Waals surface area contributed by atoms with Crippen LogP contribution in [0.1, 0.15) is 17.5 Å². The van der Waals surface area contributed by atoms with E-state index in [0.717, 1.165) is 33.2 Å². The van der Waals surface area contributed by atoms with Gasteiger partial charge in [0, 0.05) is 6.42 Å². The van der Waals surface area contributed by atoms with Crippen LogP contribution in [0.25, 0.3) is 5.57 Å². The highest BCUT2D eigenvalue weighted by atomic mass is 16.2. The first kappa shape index (κ1) is 18.1. The number of carbonyl (C=O) groups is 3. The fourth-order valence-electron chi connectivity index (χ4n) is 3.63. The zero-order chi connectivity index (χ0) is 19.7. The Balaban J connectivity index is 1.46. The van der Waals surface area contributed by atoms with E-state index in [-0.39, 0.29) is 6.67 Å². The first-order valence-corrected chi connectivity index (χ1v) is 9.39. The van der Waals surface area contributed by atoms with Crippen LogP contribution in [0.15, 0.2) is 60.7 Å². The number of anilines is 1. The number of imide groups is 2. The van der Waals surface area contributed by atoms with E-state index < -0.39 is 17.8 Å². The lowest BCUT2D eigenvalue weighted by atomic mass is 10.00. The van der Waals surface area contributed by atoms with Crippen molar-refractivity contribution < 1.29 is 19.3 Å². The van der Waals surface area contributed by atoms with Crippen LogP contribution in [0.5, 0.6) is 0 Å². The van der Waals surface area contributed by atoms with E-state index in [1.807, 2.05) is 37.3 Å². The molecule has 1 fully saturated rings. The number of quaternary nitrogens is 1. The molecule has 1 N–H and O–H groups in total. The Morgan fingerprint density at radius 2 is 1.64 bits per heavy atom. The number of rotatable bonds is 4. The number of hydrogen-bond donors (Lipinski definition) is 1. The molecular formula is C22H22N3O3+. The minimum atomic E-state index is -0.786. The van der Waals surface area contributed by atoms with Crippen LogP contribution >= 0.6 is 0 Å². The Hall–Kier alpha value is -3.25. The van der Waals surface area contributed by atoms with Gasteiger partial charge in [-0.05, 0) is 36.3 Å². The lowest BCUT2D eigenvalue weighted by Crippen LogP contribution is -3.14. The number of urea groups is 1. The van der Waals surface area contributed by atoms with Crippen molar-refractivity contribution in [3.05, 3.63) is 71.8 Å². The normalized spacial score (nSPS) is 20.0. The summed E-state index contributed by atoms with van der Waals surface area (Å²) < 4.78 is 0. The number of carbonyl (C=O) groups excluding carboxylic acids is 3. The molecule has 6 heteroatoms. The fraction of sp³-hybridized carbons (Fsp3) is 0.227. The topological polar surface area (TPSA) is 62.1 Å². The van der Waals surface area contributed by atoms with Crippen LogP contribution in [0, 0.1) is 6.92 Å². The second-order valence-electron chi connectivity index (χ2n) is 7.20.